The van der Waals surface area contributed by atoms with Gasteiger partial charge in [0.2, 0.25) is 0 Å². The molecule has 0 saturated carbocycles. The van der Waals surface area contributed by atoms with E-state index in [4.69, 9.17) is 0 Å². The minimum Gasteiger partial charge on any atom is -0.383 e. The van der Waals surface area contributed by atoms with Gasteiger partial charge in [0.25, 0.3) is 0 Å². The van der Waals surface area contributed by atoms with Crippen LogP contribution in [-0.2, 0) is 6.42 Å². The van der Waals surface area contributed by atoms with Crippen LogP contribution in [0, 0.1) is 12.3 Å². The molecule has 0 aliphatic heterocycles. The van der Waals surface area contributed by atoms with Crippen LogP contribution in [0.15, 0.2) is 42.6 Å². The zero-order valence-corrected chi connectivity index (χ0v) is 12.9. The first-order valence-corrected chi connectivity index (χ1v) is 7.18. The van der Waals surface area contributed by atoms with Crippen molar-refractivity contribution < 1.29 is 0 Å². The van der Waals surface area contributed by atoms with Gasteiger partial charge in [-0.1, -0.05) is 45.0 Å². The molecule has 1 heterocycles. The van der Waals surface area contributed by atoms with Gasteiger partial charge in [0.05, 0.1) is 11.4 Å². The number of rotatable bonds is 4. The number of aryl methyl sites for hydroxylation is 1. The van der Waals surface area contributed by atoms with E-state index < -0.39 is 0 Å². The van der Waals surface area contributed by atoms with Gasteiger partial charge in [-0.15, -0.1) is 0 Å². The normalized spacial score (nSPS) is 11.4. The standard InChI is InChI=1S/C18H24N2/c1-14-8-5-6-9-15(14)12-17-16(10-7-11-19-17)20-13-18(2,3)4/h5-11,20H,12-13H2,1-4H3. The fourth-order valence-electron chi connectivity index (χ4n) is 2.09. The highest BCUT2D eigenvalue weighted by molar-refractivity contribution is 5.50. The lowest BCUT2D eigenvalue weighted by atomic mass is 9.96. The van der Waals surface area contributed by atoms with Crippen molar-refractivity contribution in [3.63, 3.8) is 0 Å². The van der Waals surface area contributed by atoms with Gasteiger partial charge >= 0.3 is 0 Å². The maximum absolute atomic E-state index is 4.55. The maximum Gasteiger partial charge on any atom is 0.0678 e. The fourth-order valence-corrected chi connectivity index (χ4v) is 2.09. The summed E-state index contributed by atoms with van der Waals surface area (Å²) in [6.45, 7) is 9.80. The topological polar surface area (TPSA) is 24.9 Å². The summed E-state index contributed by atoms with van der Waals surface area (Å²) in [6, 6.07) is 12.6. The SMILES string of the molecule is Cc1ccccc1Cc1ncccc1NCC(C)(C)C. The molecule has 2 nitrogen and oxygen atoms in total. The second kappa shape index (κ2) is 6.08. The van der Waals surface area contributed by atoms with Crippen LogP contribution in [0.5, 0.6) is 0 Å². The number of anilines is 1. The Morgan fingerprint density at radius 2 is 1.80 bits per heavy atom. The van der Waals surface area contributed by atoms with Crippen molar-refractivity contribution in [2.75, 3.05) is 11.9 Å². The smallest absolute Gasteiger partial charge is 0.0678 e. The molecule has 0 fully saturated rings. The lowest BCUT2D eigenvalue weighted by molar-refractivity contribution is 0.443. The highest BCUT2D eigenvalue weighted by Crippen LogP contribution is 2.21. The van der Waals surface area contributed by atoms with Gasteiger partial charge in [0.15, 0.2) is 0 Å². The molecule has 0 bridgehead atoms. The van der Waals surface area contributed by atoms with Crippen molar-refractivity contribution in [1.29, 1.82) is 0 Å². The van der Waals surface area contributed by atoms with Crippen molar-refractivity contribution in [1.82, 2.24) is 4.98 Å². The number of nitrogens with zero attached hydrogens (tertiary/aromatic N) is 1. The lowest BCUT2D eigenvalue weighted by Gasteiger charge is -2.21. The van der Waals surface area contributed by atoms with Crippen LogP contribution >= 0.6 is 0 Å². The van der Waals surface area contributed by atoms with E-state index in [9.17, 15) is 0 Å². The predicted molar refractivity (Wildman–Crippen MR) is 86.2 cm³/mol. The van der Waals surface area contributed by atoms with Crippen molar-refractivity contribution in [2.45, 2.75) is 34.1 Å². The largest absolute Gasteiger partial charge is 0.383 e. The van der Waals surface area contributed by atoms with Crippen LogP contribution in [0.3, 0.4) is 0 Å². The number of hydrogen-bond acceptors (Lipinski definition) is 2. The van der Waals surface area contributed by atoms with Crippen LogP contribution in [0.2, 0.25) is 0 Å². The Morgan fingerprint density at radius 1 is 1.05 bits per heavy atom. The first-order chi connectivity index (χ1) is 9.46. The molecule has 0 aliphatic carbocycles. The molecule has 2 aromatic rings. The van der Waals surface area contributed by atoms with Crippen LogP contribution in [0.1, 0.15) is 37.6 Å². The number of nitrogens with one attached hydrogen (secondary N) is 1. The molecule has 20 heavy (non-hydrogen) atoms. The summed E-state index contributed by atoms with van der Waals surface area (Å²) in [4.78, 5) is 4.55. The zero-order chi connectivity index (χ0) is 14.6. The average molecular weight is 268 g/mol. The minimum absolute atomic E-state index is 0.260. The van der Waals surface area contributed by atoms with Gasteiger partial charge in [-0.2, -0.15) is 0 Å². The number of benzene rings is 1. The van der Waals surface area contributed by atoms with Crippen molar-refractivity contribution in [3.8, 4) is 0 Å². The molecule has 1 aromatic heterocycles. The molecule has 0 unspecified atom stereocenters. The number of aromatic nitrogens is 1. The van der Waals surface area contributed by atoms with E-state index >= 15 is 0 Å². The van der Waals surface area contributed by atoms with E-state index in [0.29, 0.717) is 0 Å². The number of pyridine rings is 1. The van der Waals surface area contributed by atoms with Gasteiger partial charge in [0.1, 0.15) is 0 Å². The monoisotopic (exact) mass is 268 g/mol. The Bertz CT molecular complexity index is 568. The first-order valence-electron chi connectivity index (χ1n) is 7.18. The van der Waals surface area contributed by atoms with E-state index in [1.807, 2.05) is 12.3 Å². The first kappa shape index (κ1) is 14.6. The maximum atomic E-state index is 4.55. The second-order valence-electron chi connectivity index (χ2n) is 6.52. The minimum atomic E-state index is 0.260. The molecule has 0 saturated heterocycles. The Labute approximate surface area is 122 Å². The lowest BCUT2D eigenvalue weighted by Crippen LogP contribution is -2.20. The van der Waals surface area contributed by atoms with Gasteiger partial charge in [-0.25, -0.2) is 0 Å². The molecular formula is C18H24N2. The quantitative estimate of drug-likeness (QED) is 0.886. The van der Waals surface area contributed by atoms with Gasteiger partial charge in [-0.3, -0.25) is 4.98 Å². The second-order valence-corrected chi connectivity index (χ2v) is 6.52. The summed E-state index contributed by atoms with van der Waals surface area (Å²) >= 11 is 0. The van der Waals surface area contributed by atoms with Crippen LogP contribution in [0.25, 0.3) is 0 Å². The van der Waals surface area contributed by atoms with Crippen LogP contribution < -0.4 is 5.32 Å². The van der Waals surface area contributed by atoms with Gasteiger partial charge in [-0.05, 0) is 35.6 Å². The van der Waals surface area contributed by atoms with Crippen molar-refractivity contribution in [2.24, 2.45) is 5.41 Å². The van der Waals surface area contributed by atoms with Crippen molar-refractivity contribution in [3.05, 3.63) is 59.4 Å². The summed E-state index contributed by atoms with van der Waals surface area (Å²) in [5.41, 5.74) is 5.18. The molecule has 0 radical (unpaired) electrons. The highest BCUT2D eigenvalue weighted by Gasteiger charge is 2.12. The summed E-state index contributed by atoms with van der Waals surface area (Å²) in [6.07, 6.45) is 2.75. The Kier molecular flexibility index (Phi) is 4.43. The summed E-state index contributed by atoms with van der Waals surface area (Å²) in [7, 11) is 0. The summed E-state index contributed by atoms with van der Waals surface area (Å²) in [5.74, 6) is 0. The highest BCUT2D eigenvalue weighted by atomic mass is 14.9. The van der Waals surface area contributed by atoms with Gasteiger partial charge in [0, 0.05) is 19.2 Å². The molecule has 2 rings (SSSR count). The predicted octanol–water partition coefficient (Wildman–Crippen LogP) is 4.44. The molecule has 0 amide bonds. The Morgan fingerprint density at radius 3 is 2.50 bits per heavy atom. The molecule has 106 valence electrons. The molecule has 0 spiro atoms. The third kappa shape index (κ3) is 4.09. The summed E-state index contributed by atoms with van der Waals surface area (Å²) < 4.78 is 0. The van der Waals surface area contributed by atoms with E-state index in [0.717, 1.165) is 24.3 Å². The molecule has 0 aliphatic rings. The van der Waals surface area contributed by atoms with E-state index in [-0.39, 0.29) is 5.41 Å². The molecule has 0 atom stereocenters. The average Bonchev–Trinajstić information content (AvgIpc) is 2.39. The molecule has 1 aromatic carbocycles. The van der Waals surface area contributed by atoms with E-state index in [2.05, 4.69) is 68.3 Å². The molecule has 2 heteroatoms. The van der Waals surface area contributed by atoms with E-state index in [1.54, 1.807) is 0 Å². The van der Waals surface area contributed by atoms with Crippen LogP contribution in [0.4, 0.5) is 5.69 Å². The third-order valence-electron chi connectivity index (χ3n) is 3.32. The Balaban J connectivity index is 2.18. The van der Waals surface area contributed by atoms with E-state index in [1.165, 1.54) is 11.1 Å². The Hall–Kier alpha value is -1.83. The fraction of sp³-hybridized carbons (Fsp3) is 0.389. The molecule has 1 N–H and O–H groups in total. The summed E-state index contributed by atoms with van der Waals surface area (Å²) in [5, 5.41) is 3.53. The number of hydrogen-bond donors (Lipinski definition) is 1. The zero-order valence-electron chi connectivity index (χ0n) is 12.9. The van der Waals surface area contributed by atoms with Gasteiger partial charge < -0.3 is 5.32 Å². The van der Waals surface area contributed by atoms with Crippen LogP contribution in [-0.4, -0.2) is 11.5 Å². The van der Waals surface area contributed by atoms with Crippen molar-refractivity contribution >= 4 is 5.69 Å². The third-order valence-corrected chi connectivity index (χ3v) is 3.32. The molecular weight excluding hydrogens is 244 g/mol.